The predicted molar refractivity (Wildman–Crippen MR) is 71.1 cm³/mol. The number of carboxylic acid groups (broad SMARTS) is 1. The molecule has 2 aromatic carbocycles. The zero-order chi connectivity index (χ0) is 13.0. The van der Waals surface area contributed by atoms with Gasteiger partial charge < -0.3 is 9.90 Å². The van der Waals surface area contributed by atoms with Gasteiger partial charge in [0, 0.05) is 11.9 Å². The van der Waals surface area contributed by atoms with Gasteiger partial charge in [-0.25, -0.2) is 0 Å². The molecule has 0 saturated heterocycles. The van der Waals surface area contributed by atoms with Crippen LogP contribution in [-0.4, -0.2) is 5.97 Å². The zero-order valence-corrected chi connectivity index (χ0v) is 13.3. The molecule has 0 aliphatic carbocycles. The van der Waals surface area contributed by atoms with E-state index in [-0.39, 0.29) is 29.6 Å². The summed E-state index contributed by atoms with van der Waals surface area (Å²) < 4.78 is 0. The minimum Gasteiger partial charge on any atom is -0.549 e. The van der Waals surface area contributed by atoms with Crippen molar-refractivity contribution >= 4 is 16.7 Å². The van der Waals surface area contributed by atoms with Crippen LogP contribution in [0.2, 0.25) is 0 Å². The SMILES string of the molecule is C/C=C/CC(C(=O)[O-])c1cccc2ccccc12.[Na+]. The summed E-state index contributed by atoms with van der Waals surface area (Å²) in [7, 11) is 0. The summed E-state index contributed by atoms with van der Waals surface area (Å²) >= 11 is 0. The average Bonchev–Trinajstić information content (AvgIpc) is 2.39. The molecule has 0 aliphatic rings. The molecule has 0 aromatic heterocycles. The molecule has 2 aromatic rings. The van der Waals surface area contributed by atoms with Crippen molar-refractivity contribution in [3.05, 3.63) is 60.2 Å². The van der Waals surface area contributed by atoms with Gasteiger partial charge in [-0.05, 0) is 29.7 Å². The number of hydrogen-bond donors (Lipinski definition) is 0. The molecule has 0 fully saturated rings. The molecule has 19 heavy (non-hydrogen) atoms. The van der Waals surface area contributed by atoms with Gasteiger partial charge in [0.2, 0.25) is 0 Å². The first kappa shape index (κ1) is 16.0. The molecule has 0 radical (unpaired) electrons. The van der Waals surface area contributed by atoms with E-state index in [4.69, 9.17) is 0 Å². The van der Waals surface area contributed by atoms with E-state index >= 15 is 0 Å². The van der Waals surface area contributed by atoms with Crippen molar-refractivity contribution in [1.29, 1.82) is 0 Å². The van der Waals surface area contributed by atoms with Crippen LogP contribution in [0.4, 0.5) is 0 Å². The van der Waals surface area contributed by atoms with Crippen molar-refractivity contribution in [2.45, 2.75) is 19.3 Å². The molecule has 0 aliphatic heterocycles. The maximum atomic E-state index is 11.3. The number of benzene rings is 2. The quantitative estimate of drug-likeness (QED) is 0.558. The van der Waals surface area contributed by atoms with Crippen LogP contribution in [0, 0.1) is 0 Å². The van der Waals surface area contributed by atoms with Gasteiger partial charge in [-0.1, -0.05) is 54.6 Å². The van der Waals surface area contributed by atoms with Crippen LogP contribution in [0.3, 0.4) is 0 Å². The van der Waals surface area contributed by atoms with Crippen molar-refractivity contribution in [1.82, 2.24) is 0 Å². The molecule has 0 spiro atoms. The summed E-state index contributed by atoms with van der Waals surface area (Å²) in [6.07, 6.45) is 4.19. The molecule has 0 amide bonds. The Morgan fingerprint density at radius 2 is 1.89 bits per heavy atom. The Labute approximate surface area is 135 Å². The minimum absolute atomic E-state index is 0. The van der Waals surface area contributed by atoms with Crippen molar-refractivity contribution in [3.63, 3.8) is 0 Å². The third-order valence-electron chi connectivity index (χ3n) is 3.09. The Balaban J connectivity index is 0.00000180. The van der Waals surface area contributed by atoms with E-state index < -0.39 is 11.9 Å². The molecule has 1 atom stereocenters. The standard InChI is InChI=1S/C16H16O2.Na/c1-2-3-9-15(16(17)18)14-11-6-8-12-7-4-5-10-13(12)14;/h2-8,10-11,15H,9H2,1H3,(H,17,18);/q;+1/p-1/b3-2+;. The number of carbonyl (C=O) groups is 1. The second-order valence-corrected chi connectivity index (χ2v) is 4.24. The van der Waals surface area contributed by atoms with Gasteiger partial charge in [0.05, 0.1) is 0 Å². The number of fused-ring (bicyclic) bond motifs is 1. The van der Waals surface area contributed by atoms with Crippen LogP contribution in [0.25, 0.3) is 10.8 Å². The smallest absolute Gasteiger partial charge is 0.549 e. The molecule has 0 bridgehead atoms. The van der Waals surface area contributed by atoms with Crippen LogP contribution >= 0.6 is 0 Å². The van der Waals surface area contributed by atoms with Gasteiger partial charge in [-0.15, -0.1) is 0 Å². The third kappa shape index (κ3) is 3.69. The molecular weight excluding hydrogens is 247 g/mol. The van der Waals surface area contributed by atoms with Crippen molar-refractivity contribution in [2.24, 2.45) is 0 Å². The van der Waals surface area contributed by atoms with Gasteiger partial charge in [0.15, 0.2) is 0 Å². The number of aliphatic carboxylic acids is 1. The van der Waals surface area contributed by atoms with Crippen LogP contribution in [0.15, 0.2) is 54.6 Å². The molecule has 2 nitrogen and oxygen atoms in total. The van der Waals surface area contributed by atoms with E-state index in [1.165, 1.54) is 0 Å². The van der Waals surface area contributed by atoms with Crippen LogP contribution in [-0.2, 0) is 4.79 Å². The van der Waals surface area contributed by atoms with Gasteiger partial charge in [0.25, 0.3) is 0 Å². The van der Waals surface area contributed by atoms with Crippen molar-refractivity contribution in [3.8, 4) is 0 Å². The first-order chi connectivity index (χ1) is 8.74. The van der Waals surface area contributed by atoms with Gasteiger partial charge >= 0.3 is 29.6 Å². The molecule has 0 saturated carbocycles. The maximum Gasteiger partial charge on any atom is 1.00 e. The summed E-state index contributed by atoms with van der Waals surface area (Å²) in [6, 6.07) is 13.6. The normalized spacial score (nSPS) is 12.3. The number of carboxylic acids is 1. The molecule has 0 N–H and O–H groups in total. The van der Waals surface area contributed by atoms with Gasteiger partial charge in [-0.2, -0.15) is 0 Å². The van der Waals surface area contributed by atoms with Crippen molar-refractivity contribution < 1.29 is 39.5 Å². The molecule has 92 valence electrons. The topological polar surface area (TPSA) is 40.1 Å². The van der Waals surface area contributed by atoms with Crippen molar-refractivity contribution in [2.75, 3.05) is 0 Å². The summed E-state index contributed by atoms with van der Waals surface area (Å²) in [5, 5.41) is 13.3. The van der Waals surface area contributed by atoms with Gasteiger partial charge in [0.1, 0.15) is 0 Å². The fraction of sp³-hybridized carbons (Fsp3) is 0.188. The predicted octanol–water partition coefficient (Wildman–Crippen LogP) is -0.357. The number of allylic oxidation sites excluding steroid dienone is 2. The van der Waals surface area contributed by atoms with E-state index in [1.807, 2.05) is 61.5 Å². The molecule has 2 rings (SSSR count). The Bertz CT molecular complexity index is 585. The Morgan fingerprint density at radius 1 is 1.21 bits per heavy atom. The summed E-state index contributed by atoms with van der Waals surface area (Å²) in [4.78, 5) is 11.3. The van der Waals surface area contributed by atoms with E-state index in [2.05, 4.69) is 0 Å². The fourth-order valence-electron chi connectivity index (χ4n) is 2.18. The van der Waals surface area contributed by atoms with Crippen LogP contribution in [0.5, 0.6) is 0 Å². The zero-order valence-electron chi connectivity index (χ0n) is 11.3. The van der Waals surface area contributed by atoms with E-state index in [0.717, 1.165) is 16.3 Å². The first-order valence-corrected chi connectivity index (χ1v) is 6.03. The number of carbonyl (C=O) groups excluding carboxylic acids is 1. The minimum atomic E-state index is -1.02. The Morgan fingerprint density at radius 3 is 2.58 bits per heavy atom. The molecule has 1 unspecified atom stereocenters. The van der Waals surface area contributed by atoms with Gasteiger partial charge in [-0.3, -0.25) is 0 Å². The van der Waals surface area contributed by atoms with Crippen LogP contribution < -0.4 is 34.7 Å². The summed E-state index contributed by atoms with van der Waals surface area (Å²) in [5.41, 5.74) is 0.825. The summed E-state index contributed by atoms with van der Waals surface area (Å²) in [6.45, 7) is 1.88. The Kier molecular flexibility index (Phi) is 6.29. The fourth-order valence-corrected chi connectivity index (χ4v) is 2.18. The first-order valence-electron chi connectivity index (χ1n) is 6.03. The average molecular weight is 262 g/mol. The third-order valence-corrected chi connectivity index (χ3v) is 3.09. The van der Waals surface area contributed by atoms with E-state index in [1.54, 1.807) is 0 Å². The van der Waals surface area contributed by atoms with E-state index in [0.29, 0.717) is 6.42 Å². The second-order valence-electron chi connectivity index (χ2n) is 4.24. The second kappa shape index (κ2) is 7.49. The number of hydrogen-bond acceptors (Lipinski definition) is 2. The molecular formula is C16H15NaO2. The monoisotopic (exact) mass is 262 g/mol. The number of rotatable bonds is 4. The molecule has 3 heteroatoms. The van der Waals surface area contributed by atoms with Crippen LogP contribution in [0.1, 0.15) is 24.8 Å². The molecule has 0 heterocycles. The Hall–Kier alpha value is -1.09. The largest absolute Gasteiger partial charge is 1.00 e. The summed E-state index contributed by atoms with van der Waals surface area (Å²) in [5.74, 6) is -1.61. The van der Waals surface area contributed by atoms with E-state index in [9.17, 15) is 9.90 Å². The maximum absolute atomic E-state index is 11.3.